The number of urea groups is 1. The van der Waals surface area contributed by atoms with Crippen molar-refractivity contribution in [2.75, 3.05) is 5.32 Å². The number of phenols is 1. The third kappa shape index (κ3) is 4.23. The van der Waals surface area contributed by atoms with Crippen molar-refractivity contribution in [3.05, 3.63) is 59.7 Å². The number of carbonyl (C=O) groups is 1. The molecule has 0 fully saturated rings. The van der Waals surface area contributed by atoms with Crippen molar-refractivity contribution in [3.63, 3.8) is 0 Å². The molecule has 0 aliphatic carbocycles. The smallest absolute Gasteiger partial charge is 0.319 e. The highest BCUT2D eigenvalue weighted by Gasteiger charge is 2.18. The van der Waals surface area contributed by atoms with Gasteiger partial charge in [0.1, 0.15) is 5.75 Å². The molecule has 5 heteroatoms. The van der Waals surface area contributed by atoms with Crippen molar-refractivity contribution in [1.29, 1.82) is 0 Å². The molecular weight excluding hydrogens is 280 g/mol. The first-order valence-corrected chi connectivity index (χ1v) is 7.07. The molecule has 2 atom stereocenters. The van der Waals surface area contributed by atoms with E-state index in [0.29, 0.717) is 11.3 Å². The highest BCUT2D eigenvalue weighted by atomic mass is 16.3. The molecule has 0 aliphatic heterocycles. The number of carbonyl (C=O) groups excluding carboxylic acids is 1. The van der Waals surface area contributed by atoms with E-state index in [9.17, 15) is 15.0 Å². The first-order chi connectivity index (χ1) is 10.5. The van der Waals surface area contributed by atoms with Gasteiger partial charge in [-0.15, -0.1) is 0 Å². The summed E-state index contributed by atoms with van der Waals surface area (Å²) in [6, 6.07) is 12.8. The topological polar surface area (TPSA) is 81.6 Å². The quantitative estimate of drug-likeness (QED) is 0.700. The predicted molar refractivity (Wildman–Crippen MR) is 85.9 cm³/mol. The van der Waals surface area contributed by atoms with Gasteiger partial charge in [0.15, 0.2) is 0 Å². The minimum absolute atomic E-state index is 0.133. The van der Waals surface area contributed by atoms with Gasteiger partial charge in [-0.3, -0.25) is 0 Å². The lowest BCUT2D eigenvalue weighted by molar-refractivity contribution is 0.139. The van der Waals surface area contributed by atoms with Crippen LogP contribution in [-0.4, -0.2) is 22.3 Å². The first-order valence-electron chi connectivity index (χ1n) is 7.07. The molecule has 116 valence electrons. The molecule has 4 N–H and O–H groups in total. The molecule has 0 aliphatic rings. The number of nitrogens with one attached hydrogen (secondary N) is 2. The Hall–Kier alpha value is -2.53. The maximum atomic E-state index is 12.0. The lowest BCUT2D eigenvalue weighted by Crippen LogP contribution is -2.39. The second-order valence-corrected chi connectivity index (χ2v) is 5.29. The number of aryl methyl sites for hydroxylation is 1. The standard InChI is InChI=1S/C17H20N2O3/c1-11-4-3-5-14(10-11)19-17(22)18-12(2)16(21)13-6-8-15(20)9-7-13/h3-10,12,16,20-21H,1-2H3,(H2,18,19,22)/t12-,16+/m0/s1. The fraction of sp³-hybridized carbons (Fsp3) is 0.235. The van der Waals surface area contributed by atoms with Crippen LogP contribution in [0.1, 0.15) is 24.2 Å². The van der Waals surface area contributed by atoms with Crippen LogP contribution in [0.15, 0.2) is 48.5 Å². The van der Waals surface area contributed by atoms with Gasteiger partial charge in [-0.2, -0.15) is 0 Å². The summed E-state index contributed by atoms with van der Waals surface area (Å²) in [5.74, 6) is 0.133. The van der Waals surface area contributed by atoms with E-state index in [1.165, 1.54) is 12.1 Å². The van der Waals surface area contributed by atoms with Crippen LogP contribution in [0.3, 0.4) is 0 Å². The van der Waals surface area contributed by atoms with Crippen molar-refractivity contribution in [2.24, 2.45) is 0 Å². The van der Waals surface area contributed by atoms with E-state index in [0.717, 1.165) is 5.56 Å². The molecule has 5 nitrogen and oxygen atoms in total. The first kappa shape index (κ1) is 15.9. The largest absolute Gasteiger partial charge is 0.508 e. The molecule has 0 spiro atoms. The van der Waals surface area contributed by atoms with Crippen molar-refractivity contribution in [2.45, 2.75) is 26.0 Å². The average molecular weight is 300 g/mol. The van der Waals surface area contributed by atoms with Gasteiger partial charge >= 0.3 is 6.03 Å². The molecule has 2 amide bonds. The Kier molecular flexibility index (Phi) is 5.01. The van der Waals surface area contributed by atoms with Gasteiger partial charge in [0.25, 0.3) is 0 Å². The van der Waals surface area contributed by atoms with Gasteiger partial charge in [0.2, 0.25) is 0 Å². The number of rotatable bonds is 4. The Morgan fingerprint density at radius 2 is 1.82 bits per heavy atom. The van der Waals surface area contributed by atoms with Crippen LogP contribution in [0, 0.1) is 6.92 Å². The number of phenolic OH excluding ortho intramolecular Hbond substituents is 1. The third-order valence-corrected chi connectivity index (χ3v) is 3.34. The van der Waals surface area contributed by atoms with Crippen LogP contribution in [0.2, 0.25) is 0 Å². The van der Waals surface area contributed by atoms with E-state index in [-0.39, 0.29) is 11.8 Å². The van der Waals surface area contributed by atoms with Crippen LogP contribution in [-0.2, 0) is 0 Å². The van der Waals surface area contributed by atoms with Crippen molar-refractivity contribution in [1.82, 2.24) is 5.32 Å². The molecule has 22 heavy (non-hydrogen) atoms. The molecule has 0 unspecified atom stereocenters. The van der Waals surface area contributed by atoms with E-state index < -0.39 is 12.1 Å². The van der Waals surface area contributed by atoms with Crippen LogP contribution in [0.25, 0.3) is 0 Å². The second kappa shape index (κ2) is 6.95. The minimum atomic E-state index is -0.858. The van der Waals surface area contributed by atoms with Gasteiger partial charge in [0, 0.05) is 5.69 Å². The Balaban J connectivity index is 1.94. The van der Waals surface area contributed by atoms with Gasteiger partial charge in [0.05, 0.1) is 12.1 Å². The number of aliphatic hydroxyl groups excluding tert-OH is 1. The zero-order valence-electron chi connectivity index (χ0n) is 12.6. The Morgan fingerprint density at radius 1 is 1.14 bits per heavy atom. The van der Waals surface area contributed by atoms with Crippen LogP contribution < -0.4 is 10.6 Å². The molecule has 2 rings (SSSR count). The van der Waals surface area contributed by atoms with Crippen LogP contribution >= 0.6 is 0 Å². The van der Waals surface area contributed by atoms with E-state index in [4.69, 9.17) is 0 Å². The maximum absolute atomic E-state index is 12.0. The second-order valence-electron chi connectivity index (χ2n) is 5.29. The number of aromatic hydroxyl groups is 1. The Bertz CT molecular complexity index is 641. The van der Waals surface area contributed by atoms with Crippen LogP contribution in [0.4, 0.5) is 10.5 Å². The highest BCUT2D eigenvalue weighted by Crippen LogP contribution is 2.19. The van der Waals surface area contributed by atoms with E-state index in [1.807, 2.05) is 25.1 Å². The highest BCUT2D eigenvalue weighted by molar-refractivity contribution is 5.89. The molecule has 0 heterocycles. The summed E-state index contributed by atoms with van der Waals surface area (Å²) in [5.41, 5.74) is 2.37. The lowest BCUT2D eigenvalue weighted by atomic mass is 10.0. The molecule has 0 bridgehead atoms. The number of amides is 2. The van der Waals surface area contributed by atoms with E-state index in [1.54, 1.807) is 25.1 Å². The van der Waals surface area contributed by atoms with Crippen molar-refractivity contribution < 1.29 is 15.0 Å². The van der Waals surface area contributed by atoms with Crippen LogP contribution in [0.5, 0.6) is 5.75 Å². The zero-order chi connectivity index (χ0) is 16.1. The summed E-state index contributed by atoms with van der Waals surface area (Å²) in [5, 5.41) is 24.9. The normalized spacial score (nSPS) is 13.2. The van der Waals surface area contributed by atoms with E-state index >= 15 is 0 Å². The number of aliphatic hydroxyl groups is 1. The summed E-state index contributed by atoms with van der Waals surface area (Å²) in [6.45, 7) is 3.66. The zero-order valence-corrected chi connectivity index (χ0v) is 12.6. The van der Waals surface area contributed by atoms with Gasteiger partial charge in [-0.1, -0.05) is 24.3 Å². The SMILES string of the molecule is Cc1cccc(NC(=O)N[C@@H](C)[C@@H](O)c2ccc(O)cc2)c1. The summed E-state index contributed by atoms with van der Waals surface area (Å²) in [7, 11) is 0. The summed E-state index contributed by atoms with van der Waals surface area (Å²) >= 11 is 0. The maximum Gasteiger partial charge on any atom is 0.319 e. The number of hydrogen-bond donors (Lipinski definition) is 4. The Labute approximate surface area is 129 Å². The lowest BCUT2D eigenvalue weighted by Gasteiger charge is -2.21. The minimum Gasteiger partial charge on any atom is -0.508 e. The fourth-order valence-corrected chi connectivity index (χ4v) is 2.14. The number of hydrogen-bond acceptors (Lipinski definition) is 3. The molecule has 0 saturated carbocycles. The summed E-state index contributed by atoms with van der Waals surface area (Å²) in [6.07, 6.45) is -0.858. The molecule has 0 radical (unpaired) electrons. The fourth-order valence-electron chi connectivity index (χ4n) is 2.14. The molecular formula is C17H20N2O3. The molecule has 0 saturated heterocycles. The summed E-state index contributed by atoms with van der Waals surface area (Å²) in [4.78, 5) is 12.0. The Morgan fingerprint density at radius 3 is 2.45 bits per heavy atom. The molecule has 0 aromatic heterocycles. The van der Waals surface area contributed by atoms with Gasteiger partial charge in [-0.05, 0) is 49.2 Å². The van der Waals surface area contributed by atoms with Gasteiger partial charge < -0.3 is 20.8 Å². The average Bonchev–Trinajstić information content (AvgIpc) is 2.47. The summed E-state index contributed by atoms with van der Waals surface area (Å²) < 4.78 is 0. The van der Waals surface area contributed by atoms with Crippen molar-refractivity contribution >= 4 is 11.7 Å². The number of benzene rings is 2. The van der Waals surface area contributed by atoms with Gasteiger partial charge in [-0.25, -0.2) is 4.79 Å². The van der Waals surface area contributed by atoms with E-state index in [2.05, 4.69) is 10.6 Å². The van der Waals surface area contributed by atoms with Crippen molar-refractivity contribution in [3.8, 4) is 5.75 Å². The predicted octanol–water partition coefficient (Wildman–Crippen LogP) is 2.94. The molecule has 2 aromatic rings. The monoisotopic (exact) mass is 300 g/mol. The molecule has 2 aromatic carbocycles. The number of anilines is 1. The third-order valence-electron chi connectivity index (χ3n) is 3.34.